The van der Waals surface area contributed by atoms with Crippen LogP contribution in [0.4, 0.5) is 5.82 Å². The maximum absolute atomic E-state index is 13.0. The van der Waals surface area contributed by atoms with Crippen LogP contribution in [0.25, 0.3) is 22.2 Å². The second-order valence-electron chi connectivity index (χ2n) is 9.58. The molecule has 1 amide bonds. The van der Waals surface area contributed by atoms with E-state index in [4.69, 9.17) is 15.6 Å². The predicted molar refractivity (Wildman–Crippen MR) is 147 cm³/mol. The molecule has 1 aliphatic rings. The quantitative estimate of drug-likeness (QED) is 0.385. The fourth-order valence-electron chi connectivity index (χ4n) is 4.76. The number of rotatable bonds is 7. The molecule has 38 heavy (non-hydrogen) atoms. The van der Waals surface area contributed by atoms with Gasteiger partial charge in [-0.05, 0) is 55.4 Å². The SMILES string of the molecule is CN(C)/C=C/CC(=O)N1CCCC(n2nc(-c3ccc(Oc4ccccc4)cc3)c3c(N)n[nH]c(=O)c32)C1. The number of nitrogen functional groups attached to an aromatic ring is 1. The highest BCUT2D eigenvalue weighted by Crippen LogP contribution is 2.34. The Morgan fingerprint density at radius 3 is 2.63 bits per heavy atom. The second kappa shape index (κ2) is 10.8. The molecular weight excluding hydrogens is 482 g/mol. The predicted octanol–water partition coefficient (Wildman–Crippen LogP) is 3.79. The van der Waals surface area contributed by atoms with Crippen molar-refractivity contribution in [2.75, 3.05) is 32.9 Å². The summed E-state index contributed by atoms with van der Waals surface area (Å²) in [6, 6.07) is 16.9. The first-order chi connectivity index (χ1) is 18.4. The highest BCUT2D eigenvalue weighted by atomic mass is 16.5. The number of fused-ring (bicyclic) bond motifs is 1. The van der Waals surface area contributed by atoms with Crippen molar-refractivity contribution >= 4 is 22.6 Å². The molecule has 1 saturated heterocycles. The Morgan fingerprint density at radius 1 is 1.16 bits per heavy atom. The minimum atomic E-state index is -0.366. The minimum Gasteiger partial charge on any atom is -0.457 e. The molecule has 3 heterocycles. The van der Waals surface area contributed by atoms with Crippen LogP contribution >= 0.6 is 0 Å². The molecule has 1 atom stereocenters. The van der Waals surface area contributed by atoms with Crippen LogP contribution in [-0.2, 0) is 4.79 Å². The number of hydrogen-bond acceptors (Lipinski definition) is 7. The fraction of sp³-hybridized carbons (Fsp3) is 0.286. The molecule has 10 nitrogen and oxygen atoms in total. The summed E-state index contributed by atoms with van der Waals surface area (Å²) >= 11 is 0. The van der Waals surface area contributed by atoms with Crippen molar-refractivity contribution in [3.63, 3.8) is 0 Å². The first-order valence-electron chi connectivity index (χ1n) is 12.6. The number of nitrogens with one attached hydrogen (secondary N) is 1. The van der Waals surface area contributed by atoms with Gasteiger partial charge in [-0.2, -0.15) is 10.2 Å². The smallest absolute Gasteiger partial charge is 0.290 e. The van der Waals surface area contributed by atoms with E-state index < -0.39 is 0 Å². The number of benzene rings is 2. The van der Waals surface area contributed by atoms with Gasteiger partial charge in [0.25, 0.3) is 5.56 Å². The van der Waals surface area contributed by atoms with E-state index in [0.717, 1.165) is 24.2 Å². The van der Waals surface area contributed by atoms with Gasteiger partial charge in [-0.15, -0.1) is 0 Å². The average molecular weight is 514 g/mol. The Kier molecular flexibility index (Phi) is 7.12. The van der Waals surface area contributed by atoms with E-state index in [0.29, 0.717) is 41.9 Å². The third-order valence-corrected chi connectivity index (χ3v) is 6.56. The van der Waals surface area contributed by atoms with E-state index in [2.05, 4.69) is 10.2 Å². The molecule has 3 N–H and O–H groups in total. The van der Waals surface area contributed by atoms with E-state index in [-0.39, 0.29) is 23.3 Å². The van der Waals surface area contributed by atoms with Gasteiger partial charge in [-0.1, -0.05) is 24.3 Å². The summed E-state index contributed by atoms with van der Waals surface area (Å²) in [6.45, 7) is 1.15. The van der Waals surface area contributed by atoms with Crippen LogP contribution in [-0.4, -0.2) is 62.9 Å². The van der Waals surface area contributed by atoms with Gasteiger partial charge in [0, 0.05) is 39.2 Å². The van der Waals surface area contributed by atoms with E-state index in [1.165, 1.54) is 0 Å². The van der Waals surface area contributed by atoms with Crippen LogP contribution in [0.1, 0.15) is 25.3 Å². The van der Waals surface area contributed by atoms with Crippen molar-refractivity contribution in [1.82, 2.24) is 29.8 Å². The molecule has 4 aromatic rings. The van der Waals surface area contributed by atoms with Crippen LogP contribution in [0.5, 0.6) is 11.5 Å². The topological polar surface area (TPSA) is 122 Å². The largest absolute Gasteiger partial charge is 0.457 e. The van der Waals surface area contributed by atoms with E-state index in [1.54, 1.807) is 4.68 Å². The normalized spacial score (nSPS) is 15.7. The van der Waals surface area contributed by atoms with Gasteiger partial charge in [0.1, 0.15) is 22.7 Å². The summed E-state index contributed by atoms with van der Waals surface area (Å²) in [5.41, 5.74) is 7.61. The summed E-state index contributed by atoms with van der Waals surface area (Å²) in [4.78, 5) is 29.6. The van der Waals surface area contributed by atoms with Gasteiger partial charge in [0.2, 0.25) is 5.91 Å². The van der Waals surface area contributed by atoms with Crippen molar-refractivity contribution in [1.29, 1.82) is 0 Å². The zero-order valence-corrected chi connectivity index (χ0v) is 21.5. The molecule has 0 radical (unpaired) electrons. The summed E-state index contributed by atoms with van der Waals surface area (Å²) in [5.74, 6) is 1.66. The zero-order valence-electron chi connectivity index (χ0n) is 21.5. The number of carbonyl (C=O) groups excluding carboxylic acids is 1. The number of nitrogens with zero attached hydrogens (tertiary/aromatic N) is 5. The van der Waals surface area contributed by atoms with Gasteiger partial charge >= 0.3 is 0 Å². The number of aromatic amines is 1. The summed E-state index contributed by atoms with van der Waals surface area (Å²) < 4.78 is 7.64. The molecule has 0 bridgehead atoms. The highest BCUT2D eigenvalue weighted by Gasteiger charge is 2.29. The van der Waals surface area contributed by atoms with E-state index in [9.17, 15) is 9.59 Å². The van der Waals surface area contributed by atoms with Crippen LogP contribution in [0.2, 0.25) is 0 Å². The number of piperidine rings is 1. The molecule has 1 fully saturated rings. The lowest BCUT2D eigenvalue weighted by atomic mass is 10.0. The molecule has 0 spiro atoms. The lowest BCUT2D eigenvalue weighted by molar-refractivity contribution is -0.131. The van der Waals surface area contributed by atoms with Crippen LogP contribution in [0.15, 0.2) is 71.7 Å². The summed E-state index contributed by atoms with van der Waals surface area (Å²) in [5, 5.41) is 11.9. The summed E-state index contributed by atoms with van der Waals surface area (Å²) in [6.07, 6.45) is 5.66. The third-order valence-electron chi connectivity index (χ3n) is 6.56. The van der Waals surface area contributed by atoms with Gasteiger partial charge in [0.05, 0.1) is 11.4 Å². The van der Waals surface area contributed by atoms with Crippen LogP contribution < -0.4 is 16.0 Å². The van der Waals surface area contributed by atoms with Crippen molar-refractivity contribution in [3.05, 3.63) is 77.2 Å². The molecular formula is C28H31N7O3. The maximum atomic E-state index is 13.0. The number of aromatic nitrogens is 4. The first kappa shape index (κ1) is 25.1. The Hall–Kier alpha value is -4.60. The Bertz CT molecular complexity index is 1510. The fourth-order valence-corrected chi connectivity index (χ4v) is 4.76. The van der Waals surface area contributed by atoms with Crippen molar-refractivity contribution in [3.8, 4) is 22.8 Å². The zero-order chi connectivity index (χ0) is 26.6. The molecule has 1 unspecified atom stereocenters. The van der Waals surface area contributed by atoms with E-state index in [1.807, 2.05) is 90.8 Å². The average Bonchev–Trinajstić information content (AvgIpc) is 3.34. The number of ether oxygens (including phenoxy) is 1. The molecule has 1 aliphatic heterocycles. The Morgan fingerprint density at radius 2 is 1.89 bits per heavy atom. The van der Waals surface area contributed by atoms with Gasteiger partial charge < -0.3 is 20.3 Å². The molecule has 0 saturated carbocycles. The van der Waals surface area contributed by atoms with Crippen molar-refractivity contribution in [2.24, 2.45) is 0 Å². The lowest BCUT2D eigenvalue weighted by Crippen LogP contribution is -2.41. The number of likely N-dealkylation sites (tertiary alicyclic amines) is 1. The molecule has 0 aliphatic carbocycles. The Balaban J connectivity index is 1.46. The summed E-state index contributed by atoms with van der Waals surface area (Å²) in [7, 11) is 3.83. The van der Waals surface area contributed by atoms with Gasteiger partial charge in [0.15, 0.2) is 5.82 Å². The van der Waals surface area contributed by atoms with Gasteiger partial charge in [-0.3, -0.25) is 14.3 Å². The number of anilines is 1. The second-order valence-corrected chi connectivity index (χ2v) is 9.58. The molecule has 5 rings (SSSR count). The number of H-pyrrole nitrogens is 1. The van der Waals surface area contributed by atoms with Crippen LogP contribution in [0, 0.1) is 0 Å². The number of hydrogen-bond donors (Lipinski definition) is 2. The molecule has 2 aromatic carbocycles. The maximum Gasteiger partial charge on any atom is 0.290 e. The molecule has 2 aromatic heterocycles. The number of nitrogens with two attached hydrogens (primary N) is 1. The van der Waals surface area contributed by atoms with E-state index >= 15 is 0 Å². The molecule has 10 heteroatoms. The van der Waals surface area contributed by atoms with Gasteiger partial charge in [-0.25, -0.2) is 5.10 Å². The lowest BCUT2D eigenvalue weighted by Gasteiger charge is -2.33. The monoisotopic (exact) mass is 513 g/mol. The minimum absolute atomic E-state index is 0.0496. The van der Waals surface area contributed by atoms with Crippen molar-refractivity contribution in [2.45, 2.75) is 25.3 Å². The first-order valence-corrected chi connectivity index (χ1v) is 12.6. The number of para-hydroxylation sites is 1. The van der Waals surface area contributed by atoms with Crippen LogP contribution in [0.3, 0.4) is 0 Å². The number of carbonyl (C=O) groups is 1. The third kappa shape index (κ3) is 5.24. The highest BCUT2D eigenvalue weighted by molar-refractivity contribution is 5.99. The number of amides is 1. The Labute approximate surface area is 220 Å². The standard InChI is InChI=1S/C28H31N7O3/c1-33(2)16-7-11-23(36)34-17-6-8-20(18-34)35-26-24(27(29)30-31-28(26)37)25(32-35)19-12-14-22(15-13-19)38-21-9-4-3-5-10-21/h3-5,7,9-10,12-16,20H,6,8,11,17-18H2,1-2H3,(H2,29,30)(H,31,37)/b16-7+. The molecule has 196 valence electrons. The van der Waals surface area contributed by atoms with Crippen molar-refractivity contribution < 1.29 is 9.53 Å².